The van der Waals surface area contributed by atoms with Crippen molar-refractivity contribution in [1.29, 1.82) is 0 Å². The second-order valence-electron chi connectivity index (χ2n) is 4.34. The minimum absolute atomic E-state index is 0.383. The standard InChI is InChI=1S/C10H13N5OS/c1-2-6-7(17-15-13-6)8-12-9(14-16-8)10(11)4-3-5-10/h2-5,11H2,1H3. The average molecular weight is 251 g/mol. The molecule has 0 saturated heterocycles. The largest absolute Gasteiger partial charge is 0.333 e. The molecule has 2 N–H and O–H groups in total. The van der Waals surface area contributed by atoms with Crippen molar-refractivity contribution in [3.63, 3.8) is 0 Å². The molecule has 0 bridgehead atoms. The van der Waals surface area contributed by atoms with Gasteiger partial charge in [-0.3, -0.25) is 0 Å². The lowest BCUT2D eigenvalue weighted by Crippen LogP contribution is -2.44. The SMILES string of the molecule is CCc1nnsc1-c1nc(C2(N)CCC2)no1. The zero-order chi connectivity index (χ0) is 11.9. The van der Waals surface area contributed by atoms with E-state index in [9.17, 15) is 0 Å². The first-order valence-corrected chi connectivity index (χ1v) is 6.45. The van der Waals surface area contributed by atoms with Gasteiger partial charge in [0.2, 0.25) is 0 Å². The molecular formula is C10H13N5OS. The summed E-state index contributed by atoms with van der Waals surface area (Å²) >= 11 is 1.28. The van der Waals surface area contributed by atoms with Crippen molar-refractivity contribution < 1.29 is 4.52 Å². The van der Waals surface area contributed by atoms with Crippen molar-refractivity contribution in [2.45, 2.75) is 38.1 Å². The lowest BCUT2D eigenvalue weighted by molar-refractivity contribution is 0.229. The van der Waals surface area contributed by atoms with Gasteiger partial charge in [-0.15, -0.1) is 5.10 Å². The fourth-order valence-electron chi connectivity index (χ4n) is 1.90. The molecular weight excluding hydrogens is 238 g/mol. The van der Waals surface area contributed by atoms with Crippen LogP contribution in [0.2, 0.25) is 0 Å². The minimum atomic E-state index is -0.383. The van der Waals surface area contributed by atoms with Crippen molar-refractivity contribution in [2.24, 2.45) is 5.73 Å². The Hall–Kier alpha value is -1.34. The van der Waals surface area contributed by atoms with E-state index in [2.05, 4.69) is 19.7 Å². The van der Waals surface area contributed by atoms with Gasteiger partial charge in [0.05, 0.1) is 11.2 Å². The summed E-state index contributed by atoms with van der Waals surface area (Å²) in [7, 11) is 0. The Balaban J connectivity index is 1.95. The molecule has 0 aromatic carbocycles. The van der Waals surface area contributed by atoms with Gasteiger partial charge in [0.15, 0.2) is 5.82 Å². The van der Waals surface area contributed by atoms with E-state index in [1.165, 1.54) is 11.5 Å². The monoisotopic (exact) mass is 251 g/mol. The lowest BCUT2D eigenvalue weighted by atomic mass is 9.77. The summed E-state index contributed by atoms with van der Waals surface area (Å²) < 4.78 is 9.17. The van der Waals surface area contributed by atoms with E-state index in [1.807, 2.05) is 6.92 Å². The van der Waals surface area contributed by atoms with Crippen molar-refractivity contribution >= 4 is 11.5 Å². The highest BCUT2D eigenvalue weighted by molar-refractivity contribution is 7.09. The number of hydrogen-bond donors (Lipinski definition) is 1. The molecule has 0 atom stereocenters. The molecule has 90 valence electrons. The van der Waals surface area contributed by atoms with Gasteiger partial charge in [0.1, 0.15) is 4.88 Å². The summed E-state index contributed by atoms with van der Waals surface area (Å²) in [6.45, 7) is 2.02. The molecule has 3 rings (SSSR count). The Morgan fingerprint density at radius 2 is 2.29 bits per heavy atom. The van der Waals surface area contributed by atoms with Gasteiger partial charge in [-0.05, 0) is 37.2 Å². The third kappa shape index (κ3) is 1.66. The molecule has 0 amide bonds. The van der Waals surface area contributed by atoms with Crippen LogP contribution in [0, 0.1) is 0 Å². The van der Waals surface area contributed by atoms with Crippen LogP contribution in [0.25, 0.3) is 10.8 Å². The first kappa shape index (κ1) is 10.8. The first-order chi connectivity index (χ1) is 8.23. The lowest BCUT2D eigenvalue weighted by Gasteiger charge is -2.34. The highest BCUT2D eigenvalue weighted by Crippen LogP contribution is 2.38. The van der Waals surface area contributed by atoms with Crippen LogP contribution in [-0.4, -0.2) is 19.7 Å². The molecule has 2 heterocycles. The molecule has 0 spiro atoms. The molecule has 1 aliphatic rings. The van der Waals surface area contributed by atoms with Crippen LogP contribution in [0.3, 0.4) is 0 Å². The zero-order valence-corrected chi connectivity index (χ0v) is 10.3. The smallest absolute Gasteiger partial charge is 0.271 e. The van der Waals surface area contributed by atoms with Gasteiger partial charge in [-0.25, -0.2) is 0 Å². The summed E-state index contributed by atoms with van der Waals surface area (Å²) in [5, 5.41) is 8.01. The average Bonchev–Trinajstić information content (AvgIpc) is 2.93. The fraction of sp³-hybridized carbons (Fsp3) is 0.600. The fourth-order valence-corrected chi connectivity index (χ4v) is 2.57. The molecule has 1 saturated carbocycles. The van der Waals surface area contributed by atoms with E-state index in [0.717, 1.165) is 36.3 Å². The normalized spacial score (nSPS) is 18.0. The second-order valence-corrected chi connectivity index (χ2v) is 5.09. The molecule has 6 nitrogen and oxygen atoms in total. The Morgan fingerprint density at radius 1 is 1.47 bits per heavy atom. The quantitative estimate of drug-likeness (QED) is 0.888. The number of aromatic nitrogens is 4. The number of nitrogens with zero attached hydrogens (tertiary/aromatic N) is 4. The Bertz CT molecular complexity index is 530. The van der Waals surface area contributed by atoms with Crippen molar-refractivity contribution in [3.05, 3.63) is 11.5 Å². The summed E-state index contributed by atoms with van der Waals surface area (Å²) in [6, 6.07) is 0. The first-order valence-electron chi connectivity index (χ1n) is 5.67. The van der Waals surface area contributed by atoms with Gasteiger partial charge >= 0.3 is 0 Å². The highest BCUT2D eigenvalue weighted by atomic mass is 32.1. The Kier molecular flexibility index (Phi) is 2.44. The van der Waals surface area contributed by atoms with Crippen LogP contribution >= 0.6 is 11.5 Å². The minimum Gasteiger partial charge on any atom is -0.333 e. The molecule has 17 heavy (non-hydrogen) atoms. The number of rotatable bonds is 3. The maximum Gasteiger partial charge on any atom is 0.271 e. The predicted octanol–water partition coefficient (Wildman–Crippen LogP) is 1.49. The van der Waals surface area contributed by atoms with Crippen molar-refractivity contribution in [3.8, 4) is 10.8 Å². The third-order valence-corrected chi connectivity index (χ3v) is 3.96. The predicted molar refractivity (Wildman–Crippen MR) is 62.3 cm³/mol. The summed E-state index contributed by atoms with van der Waals surface area (Å²) in [5.41, 5.74) is 6.66. The van der Waals surface area contributed by atoms with Gasteiger partial charge in [0.25, 0.3) is 5.89 Å². The maximum atomic E-state index is 6.15. The molecule has 0 unspecified atom stereocenters. The Labute approximate surface area is 102 Å². The third-order valence-electron chi connectivity index (χ3n) is 3.20. The molecule has 1 aliphatic carbocycles. The molecule has 0 radical (unpaired) electrons. The van der Waals surface area contributed by atoms with Gasteiger partial charge in [-0.1, -0.05) is 16.6 Å². The molecule has 7 heteroatoms. The van der Waals surface area contributed by atoms with Crippen LogP contribution in [0.4, 0.5) is 0 Å². The topological polar surface area (TPSA) is 90.7 Å². The van der Waals surface area contributed by atoms with Gasteiger partial charge < -0.3 is 10.3 Å². The van der Waals surface area contributed by atoms with Crippen LogP contribution in [-0.2, 0) is 12.0 Å². The van der Waals surface area contributed by atoms with Gasteiger partial charge in [0, 0.05) is 0 Å². The van der Waals surface area contributed by atoms with Gasteiger partial charge in [-0.2, -0.15) is 4.98 Å². The van der Waals surface area contributed by atoms with E-state index in [-0.39, 0.29) is 5.54 Å². The molecule has 0 aliphatic heterocycles. The Morgan fingerprint density at radius 3 is 2.94 bits per heavy atom. The van der Waals surface area contributed by atoms with Crippen LogP contribution in [0.15, 0.2) is 4.52 Å². The van der Waals surface area contributed by atoms with E-state index in [0.29, 0.717) is 11.7 Å². The van der Waals surface area contributed by atoms with Crippen LogP contribution in [0.5, 0.6) is 0 Å². The number of nitrogens with two attached hydrogens (primary N) is 1. The maximum absolute atomic E-state index is 6.15. The van der Waals surface area contributed by atoms with Crippen LogP contribution in [0.1, 0.15) is 37.7 Å². The van der Waals surface area contributed by atoms with E-state index < -0.39 is 0 Å². The highest BCUT2D eigenvalue weighted by Gasteiger charge is 2.39. The molecule has 2 aromatic rings. The second kappa shape index (κ2) is 3.85. The number of hydrogen-bond acceptors (Lipinski definition) is 7. The molecule has 2 aromatic heterocycles. The summed E-state index contributed by atoms with van der Waals surface area (Å²) in [5.74, 6) is 1.10. The van der Waals surface area contributed by atoms with E-state index in [1.54, 1.807) is 0 Å². The molecule has 1 fully saturated rings. The summed E-state index contributed by atoms with van der Waals surface area (Å²) in [6.07, 6.45) is 3.78. The summed E-state index contributed by atoms with van der Waals surface area (Å²) in [4.78, 5) is 5.24. The number of aryl methyl sites for hydroxylation is 1. The van der Waals surface area contributed by atoms with E-state index in [4.69, 9.17) is 10.3 Å². The van der Waals surface area contributed by atoms with E-state index >= 15 is 0 Å². The van der Waals surface area contributed by atoms with Crippen molar-refractivity contribution in [1.82, 2.24) is 19.7 Å². The van der Waals surface area contributed by atoms with Crippen LogP contribution < -0.4 is 5.73 Å². The van der Waals surface area contributed by atoms with Crippen molar-refractivity contribution in [2.75, 3.05) is 0 Å². The zero-order valence-electron chi connectivity index (χ0n) is 9.51.